The zero-order valence-electron chi connectivity index (χ0n) is 16.9. The van der Waals surface area contributed by atoms with E-state index in [0.717, 1.165) is 22.3 Å². The van der Waals surface area contributed by atoms with Gasteiger partial charge in [0.15, 0.2) is 0 Å². The van der Waals surface area contributed by atoms with Gasteiger partial charge in [-0.3, -0.25) is 0 Å². The average molecular weight is 412 g/mol. The van der Waals surface area contributed by atoms with Gasteiger partial charge in [-0.15, -0.1) is 9.81 Å². The summed E-state index contributed by atoms with van der Waals surface area (Å²) in [7, 11) is 0. The van der Waals surface area contributed by atoms with Gasteiger partial charge in [0.25, 0.3) is 0 Å². The van der Waals surface area contributed by atoms with E-state index in [1.165, 1.54) is 32.3 Å². The molecule has 0 amide bonds. The van der Waals surface area contributed by atoms with Gasteiger partial charge in [-0.1, -0.05) is 48.5 Å². The maximum atomic E-state index is 10.7. The van der Waals surface area contributed by atoms with Crippen molar-refractivity contribution < 1.29 is 0 Å². The molecule has 4 heteroatoms. The van der Waals surface area contributed by atoms with E-state index in [-0.39, 0.29) is 0 Å². The highest BCUT2D eigenvalue weighted by atomic mass is 16.3. The largest absolute Gasteiger partial charge is 0.145 e. The summed E-state index contributed by atoms with van der Waals surface area (Å²) in [5, 5.41) is 13.2. The first-order chi connectivity index (χ1) is 15.7. The standard InChI is InChI=1S/C28H16N2O2/c31-29-25-9-5-17(6-10-25)23-13-19-1-2-20-14-24(18-7-11-26(30-32)12-8-18)16-22-4-3-21(15-23)27(19)28(20)22/h1-16H. The third kappa shape index (κ3) is 2.85. The molecule has 0 aliphatic heterocycles. The maximum Gasteiger partial charge on any atom is 0.108 e. The van der Waals surface area contributed by atoms with Crippen LogP contribution in [-0.4, -0.2) is 0 Å². The van der Waals surface area contributed by atoms with E-state index in [2.05, 4.69) is 58.9 Å². The molecule has 0 heterocycles. The van der Waals surface area contributed by atoms with Crippen LogP contribution in [0.2, 0.25) is 0 Å². The van der Waals surface area contributed by atoms with Crippen LogP contribution in [0.4, 0.5) is 11.4 Å². The zero-order valence-corrected chi connectivity index (χ0v) is 16.9. The number of benzene rings is 6. The van der Waals surface area contributed by atoms with Gasteiger partial charge < -0.3 is 0 Å². The van der Waals surface area contributed by atoms with Gasteiger partial charge in [-0.05, 0) is 113 Å². The van der Waals surface area contributed by atoms with Crippen LogP contribution in [0.3, 0.4) is 0 Å². The molecule has 150 valence electrons. The minimum absolute atomic E-state index is 0.430. The van der Waals surface area contributed by atoms with Crippen molar-refractivity contribution in [1.29, 1.82) is 0 Å². The van der Waals surface area contributed by atoms with E-state index in [1.54, 1.807) is 24.3 Å². The molecule has 32 heavy (non-hydrogen) atoms. The predicted molar refractivity (Wildman–Crippen MR) is 132 cm³/mol. The van der Waals surface area contributed by atoms with Crippen molar-refractivity contribution in [2.24, 2.45) is 10.4 Å². The van der Waals surface area contributed by atoms with Crippen LogP contribution in [0.5, 0.6) is 0 Å². The molecule has 0 aliphatic carbocycles. The molecule has 0 fully saturated rings. The number of hydrogen-bond acceptors (Lipinski definition) is 4. The first-order valence-electron chi connectivity index (χ1n) is 10.3. The Hall–Kier alpha value is -4.44. The number of nitroso groups, excluding NO2 is 2. The van der Waals surface area contributed by atoms with E-state index in [4.69, 9.17) is 0 Å². The van der Waals surface area contributed by atoms with Crippen LogP contribution in [0.25, 0.3) is 54.6 Å². The summed E-state index contributed by atoms with van der Waals surface area (Å²) in [6.45, 7) is 0. The van der Waals surface area contributed by atoms with Crippen LogP contribution >= 0.6 is 0 Å². The molecular weight excluding hydrogens is 396 g/mol. The molecule has 4 nitrogen and oxygen atoms in total. The highest BCUT2D eigenvalue weighted by Crippen LogP contribution is 2.39. The van der Waals surface area contributed by atoms with Gasteiger partial charge in [0.05, 0.1) is 0 Å². The smallest absolute Gasteiger partial charge is 0.108 e. The fourth-order valence-electron chi connectivity index (χ4n) is 4.60. The summed E-state index contributed by atoms with van der Waals surface area (Å²) in [5.74, 6) is 0. The molecule has 0 aromatic heterocycles. The Kier molecular flexibility index (Phi) is 4.05. The van der Waals surface area contributed by atoms with Gasteiger partial charge in [-0.25, -0.2) is 0 Å². The fourth-order valence-corrected chi connectivity index (χ4v) is 4.60. The fraction of sp³-hybridized carbons (Fsp3) is 0. The van der Waals surface area contributed by atoms with Crippen molar-refractivity contribution in [3.8, 4) is 22.3 Å². The Balaban J connectivity index is 1.54. The molecule has 0 spiro atoms. The lowest BCUT2D eigenvalue weighted by Crippen LogP contribution is -1.87. The Bertz CT molecular complexity index is 1440. The molecule has 0 unspecified atom stereocenters. The van der Waals surface area contributed by atoms with Gasteiger partial charge in [0, 0.05) is 0 Å². The van der Waals surface area contributed by atoms with Crippen LogP contribution in [0.1, 0.15) is 0 Å². The molecule has 0 saturated heterocycles. The quantitative estimate of drug-likeness (QED) is 0.215. The second-order valence-corrected chi connectivity index (χ2v) is 8.00. The molecule has 0 saturated carbocycles. The Labute approximate surface area is 183 Å². The Morgan fingerprint density at radius 2 is 0.688 bits per heavy atom. The summed E-state index contributed by atoms with van der Waals surface area (Å²) in [4.78, 5) is 21.5. The number of hydrogen-bond donors (Lipinski definition) is 0. The van der Waals surface area contributed by atoms with Crippen molar-refractivity contribution in [3.63, 3.8) is 0 Å². The minimum atomic E-state index is 0.430. The molecule has 6 rings (SSSR count). The maximum absolute atomic E-state index is 10.7. The van der Waals surface area contributed by atoms with E-state index in [9.17, 15) is 9.81 Å². The first-order valence-corrected chi connectivity index (χ1v) is 10.3. The topological polar surface area (TPSA) is 58.9 Å². The summed E-state index contributed by atoms with van der Waals surface area (Å²) < 4.78 is 0. The van der Waals surface area contributed by atoms with E-state index >= 15 is 0 Å². The predicted octanol–water partition coefficient (Wildman–Crippen LogP) is 8.71. The molecule has 0 N–H and O–H groups in total. The lowest BCUT2D eigenvalue weighted by Gasteiger charge is -2.14. The summed E-state index contributed by atoms with van der Waals surface area (Å²) in [6, 6.07) is 32.1. The van der Waals surface area contributed by atoms with Gasteiger partial charge in [-0.2, -0.15) is 0 Å². The molecule has 6 aromatic carbocycles. The Morgan fingerprint density at radius 1 is 0.375 bits per heavy atom. The van der Waals surface area contributed by atoms with Crippen molar-refractivity contribution in [2.75, 3.05) is 0 Å². The third-order valence-corrected chi connectivity index (χ3v) is 6.15. The molecule has 0 atom stereocenters. The number of nitrogens with zero attached hydrogens (tertiary/aromatic N) is 2. The van der Waals surface area contributed by atoms with Crippen LogP contribution < -0.4 is 0 Å². The van der Waals surface area contributed by atoms with Crippen molar-refractivity contribution in [3.05, 3.63) is 107 Å². The zero-order chi connectivity index (χ0) is 21.7. The first kappa shape index (κ1) is 18.3. The molecule has 0 aliphatic rings. The van der Waals surface area contributed by atoms with E-state index < -0.39 is 0 Å². The second kappa shape index (κ2) is 7.06. The van der Waals surface area contributed by atoms with Crippen LogP contribution in [0.15, 0.2) is 107 Å². The third-order valence-electron chi connectivity index (χ3n) is 6.15. The van der Waals surface area contributed by atoms with Crippen molar-refractivity contribution >= 4 is 43.7 Å². The van der Waals surface area contributed by atoms with E-state index in [1.807, 2.05) is 24.3 Å². The minimum Gasteiger partial charge on any atom is -0.145 e. The SMILES string of the molecule is O=Nc1ccc(-c2cc3ccc4cc(-c5ccc(N=O)cc5)cc5ccc(c2)c3c45)cc1. The second-order valence-electron chi connectivity index (χ2n) is 8.00. The average Bonchev–Trinajstić information content (AvgIpc) is 2.87. The molecule has 0 bridgehead atoms. The van der Waals surface area contributed by atoms with Gasteiger partial charge >= 0.3 is 0 Å². The van der Waals surface area contributed by atoms with Gasteiger partial charge in [0.1, 0.15) is 11.4 Å². The van der Waals surface area contributed by atoms with Crippen molar-refractivity contribution in [1.82, 2.24) is 0 Å². The highest BCUT2D eigenvalue weighted by Gasteiger charge is 2.12. The normalized spacial score (nSPS) is 11.4. The van der Waals surface area contributed by atoms with Crippen molar-refractivity contribution in [2.45, 2.75) is 0 Å². The molecule has 6 aromatic rings. The van der Waals surface area contributed by atoms with E-state index in [0.29, 0.717) is 11.4 Å². The summed E-state index contributed by atoms with van der Waals surface area (Å²) in [6.07, 6.45) is 0. The summed E-state index contributed by atoms with van der Waals surface area (Å²) >= 11 is 0. The summed E-state index contributed by atoms with van der Waals surface area (Å²) in [5.41, 5.74) is 5.19. The highest BCUT2D eigenvalue weighted by molar-refractivity contribution is 6.24. The Morgan fingerprint density at radius 3 is 0.969 bits per heavy atom. The number of rotatable bonds is 4. The van der Waals surface area contributed by atoms with Crippen LogP contribution in [0, 0.1) is 9.81 Å². The van der Waals surface area contributed by atoms with Crippen LogP contribution in [-0.2, 0) is 0 Å². The lowest BCUT2D eigenvalue weighted by atomic mass is 9.89. The lowest BCUT2D eigenvalue weighted by molar-refractivity contribution is 1.50. The molecular formula is C28H16N2O2. The molecule has 0 radical (unpaired) electrons. The monoisotopic (exact) mass is 412 g/mol. The van der Waals surface area contributed by atoms with Gasteiger partial charge in [0.2, 0.25) is 0 Å².